The second-order valence-corrected chi connectivity index (χ2v) is 10.8. The van der Waals surface area contributed by atoms with Gasteiger partial charge in [0.05, 0.1) is 17.2 Å². The van der Waals surface area contributed by atoms with E-state index in [0.29, 0.717) is 30.8 Å². The average molecular weight is 604 g/mol. The number of rotatable bonds is 9. The van der Waals surface area contributed by atoms with Gasteiger partial charge in [0, 0.05) is 44.0 Å². The molecule has 0 radical (unpaired) electrons. The molecule has 4 aromatic rings. The van der Waals surface area contributed by atoms with E-state index < -0.39 is 23.5 Å². The van der Waals surface area contributed by atoms with Gasteiger partial charge in [-0.15, -0.1) is 0 Å². The number of alkyl halides is 3. The summed E-state index contributed by atoms with van der Waals surface area (Å²) in [5.74, 6) is -1.26. The van der Waals surface area contributed by atoms with Gasteiger partial charge in [0.2, 0.25) is 0 Å². The molecule has 5 nitrogen and oxygen atoms in total. The number of hydrogen-bond donors (Lipinski definition) is 1. The summed E-state index contributed by atoms with van der Waals surface area (Å²) in [6.07, 6.45) is -3.16. The van der Waals surface area contributed by atoms with Crippen LogP contribution in [0, 0.1) is 5.82 Å². The summed E-state index contributed by atoms with van der Waals surface area (Å²) in [4.78, 5) is 30.7. The third-order valence-corrected chi connectivity index (χ3v) is 7.85. The van der Waals surface area contributed by atoms with E-state index in [4.69, 9.17) is 0 Å². The van der Waals surface area contributed by atoms with Crippen LogP contribution in [0.2, 0.25) is 0 Å². The molecular formula is C35H33F4N3O2. The molecule has 4 aromatic carbocycles. The summed E-state index contributed by atoms with van der Waals surface area (Å²) in [6, 6.07) is 25.2. The Labute approximate surface area is 254 Å². The Morgan fingerprint density at radius 2 is 1.48 bits per heavy atom. The fourth-order valence-corrected chi connectivity index (χ4v) is 5.64. The number of piperazine rings is 1. The molecule has 0 aliphatic carbocycles. The SMILES string of the molecule is CCCC(=O)C(c1ccccc1)N1CCN(c2ccc(NC(=O)c3c(F)cccc3-c3ccc(C(F)(F)F)cc3)cc2)CC1. The number of nitrogens with zero attached hydrogens (tertiary/aromatic N) is 2. The number of benzene rings is 4. The van der Waals surface area contributed by atoms with E-state index in [1.807, 2.05) is 49.4 Å². The van der Waals surface area contributed by atoms with Crippen LogP contribution in [0.15, 0.2) is 97.1 Å². The molecule has 0 saturated carbocycles. The first-order valence-electron chi connectivity index (χ1n) is 14.6. The Balaban J connectivity index is 1.25. The maximum atomic E-state index is 14.9. The Morgan fingerprint density at radius 1 is 0.818 bits per heavy atom. The molecule has 1 heterocycles. The van der Waals surface area contributed by atoms with E-state index in [1.54, 1.807) is 12.1 Å². The molecule has 9 heteroatoms. The van der Waals surface area contributed by atoms with Crippen LogP contribution in [0.3, 0.4) is 0 Å². The van der Waals surface area contributed by atoms with Crippen molar-refractivity contribution in [2.75, 3.05) is 36.4 Å². The van der Waals surface area contributed by atoms with Crippen LogP contribution in [0.4, 0.5) is 28.9 Å². The van der Waals surface area contributed by atoms with Crippen molar-refractivity contribution in [3.8, 4) is 11.1 Å². The van der Waals surface area contributed by atoms with Gasteiger partial charge < -0.3 is 10.2 Å². The Morgan fingerprint density at radius 3 is 2.09 bits per heavy atom. The Hall–Kier alpha value is -4.50. The standard InChI is InChI=1S/C35H33F4N3O2/c1-2-7-31(43)33(25-8-4-3-5-9-25)42-22-20-41(21-23-42)28-18-16-27(17-19-28)40-34(44)32-29(10-6-11-30(32)36)24-12-14-26(15-13-24)35(37,38)39/h3-6,8-19,33H,2,7,20-23H2,1H3,(H,40,44). The van der Waals surface area contributed by atoms with Gasteiger partial charge in [-0.25, -0.2) is 4.39 Å². The van der Waals surface area contributed by atoms with E-state index >= 15 is 0 Å². The quantitative estimate of drug-likeness (QED) is 0.197. The molecule has 1 aliphatic heterocycles. The summed E-state index contributed by atoms with van der Waals surface area (Å²) < 4.78 is 53.9. The number of ketones is 1. The van der Waals surface area contributed by atoms with Crippen molar-refractivity contribution in [3.05, 3.63) is 120 Å². The molecule has 5 rings (SSSR count). The molecule has 1 saturated heterocycles. The van der Waals surface area contributed by atoms with Crippen molar-refractivity contribution in [3.63, 3.8) is 0 Å². The van der Waals surface area contributed by atoms with E-state index in [-0.39, 0.29) is 23.0 Å². The highest BCUT2D eigenvalue weighted by molar-refractivity contribution is 6.09. The van der Waals surface area contributed by atoms with Crippen molar-refractivity contribution in [2.45, 2.75) is 32.0 Å². The van der Waals surface area contributed by atoms with E-state index in [0.717, 1.165) is 49.0 Å². The van der Waals surface area contributed by atoms with Gasteiger partial charge in [0.25, 0.3) is 5.91 Å². The largest absolute Gasteiger partial charge is 0.416 e. The zero-order valence-corrected chi connectivity index (χ0v) is 24.3. The normalized spacial score (nSPS) is 14.7. The summed E-state index contributed by atoms with van der Waals surface area (Å²) in [5, 5.41) is 2.72. The minimum Gasteiger partial charge on any atom is -0.369 e. The number of amides is 1. The minimum absolute atomic E-state index is 0.192. The fourth-order valence-electron chi connectivity index (χ4n) is 5.64. The molecule has 0 bridgehead atoms. The molecule has 1 amide bonds. The second-order valence-electron chi connectivity index (χ2n) is 10.8. The van der Waals surface area contributed by atoms with Crippen molar-refractivity contribution >= 4 is 23.1 Å². The first kappa shape index (κ1) is 30.9. The summed E-state index contributed by atoms with van der Waals surface area (Å²) in [6.45, 7) is 4.89. The third kappa shape index (κ3) is 7.00. The molecule has 1 unspecified atom stereocenters. The summed E-state index contributed by atoms with van der Waals surface area (Å²) in [5.41, 5.74) is 1.82. The van der Waals surface area contributed by atoms with Crippen LogP contribution in [0.5, 0.6) is 0 Å². The molecule has 0 aromatic heterocycles. The highest BCUT2D eigenvalue weighted by Gasteiger charge is 2.31. The second kappa shape index (κ2) is 13.4. The first-order chi connectivity index (χ1) is 21.2. The average Bonchev–Trinajstić information content (AvgIpc) is 3.02. The van der Waals surface area contributed by atoms with E-state index in [9.17, 15) is 27.2 Å². The summed E-state index contributed by atoms with van der Waals surface area (Å²) in [7, 11) is 0. The number of carbonyl (C=O) groups is 2. The fraction of sp³-hybridized carbons (Fsp3) is 0.257. The van der Waals surface area contributed by atoms with Gasteiger partial charge in [-0.3, -0.25) is 14.5 Å². The lowest BCUT2D eigenvalue weighted by atomic mass is 9.97. The zero-order chi connectivity index (χ0) is 31.3. The number of nitrogens with one attached hydrogen (secondary N) is 1. The van der Waals surface area contributed by atoms with Gasteiger partial charge in [-0.1, -0.05) is 61.5 Å². The van der Waals surface area contributed by atoms with Gasteiger partial charge in [-0.2, -0.15) is 13.2 Å². The van der Waals surface area contributed by atoms with Crippen LogP contribution in [-0.4, -0.2) is 42.8 Å². The lowest BCUT2D eigenvalue weighted by Gasteiger charge is -2.40. The number of hydrogen-bond acceptors (Lipinski definition) is 4. The Bertz CT molecular complexity index is 1580. The smallest absolute Gasteiger partial charge is 0.369 e. The monoisotopic (exact) mass is 603 g/mol. The third-order valence-electron chi connectivity index (χ3n) is 7.85. The van der Waals surface area contributed by atoms with Gasteiger partial charge in [0.15, 0.2) is 5.78 Å². The Kier molecular flexibility index (Phi) is 9.44. The topological polar surface area (TPSA) is 52.7 Å². The maximum Gasteiger partial charge on any atom is 0.416 e. The molecule has 1 atom stereocenters. The predicted molar refractivity (Wildman–Crippen MR) is 164 cm³/mol. The number of carbonyl (C=O) groups excluding carboxylic acids is 2. The molecule has 1 N–H and O–H groups in total. The lowest BCUT2D eigenvalue weighted by Crippen LogP contribution is -2.49. The van der Waals surface area contributed by atoms with Crippen LogP contribution >= 0.6 is 0 Å². The summed E-state index contributed by atoms with van der Waals surface area (Å²) >= 11 is 0. The van der Waals surface area contributed by atoms with Crippen LogP contribution < -0.4 is 10.2 Å². The van der Waals surface area contributed by atoms with Gasteiger partial charge in [-0.05, 0) is 65.6 Å². The van der Waals surface area contributed by atoms with Crippen molar-refractivity contribution < 1.29 is 27.2 Å². The van der Waals surface area contributed by atoms with E-state index in [2.05, 4.69) is 15.1 Å². The predicted octanol–water partition coefficient (Wildman–Crippen LogP) is 8.00. The number of halogens is 4. The molecule has 0 spiro atoms. The molecule has 44 heavy (non-hydrogen) atoms. The molecule has 1 fully saturated rings. The van der Waals surface area contributed by atoms with Crippen LogP contribution in [0.25, 0.3) is 11.1 Å². The highest BCUT2D eigenvalue weighted by Crippen LogP contribution is 2.33. The molecule has 1 aliphatic rings. The van der Waals surface area contributed by atoms with Crippen molar-refractivity contribution in [1.29, 1.82) is 0 Å². The van der Waals surface area contributed by atoms with Crippen molar-refractivity contribution in [1.82, 2.24) is 4.90 Å². The van der Waals surface area contributed by atoms with Gasteiger partial charge in [0.1, 0.15) is 5.82 Å². The molecular weight excluding hydrogens is 570 g/mol. The zero-order valence-electron chi connectivity index (χ0n) is 24.3. The van der Waals surface area contributed by atoms with Crippen molar-refractivity contribution in [2.24, 2.45) is 0 Å². The van der Waals surface area contributed by atoms with Crippen LogP contribution in [-0.2, 0) is 11.0 Å². The number of Topliss-reactive ketones (excluding diaryl/α,β-unsaturated/α-hetero) is 1. The highest BCUT2D eigenvalue weighted by atomic mass is 19.4. The minimum atomic E-state index is -4.50. The van der Waals surface area contributed by atoms with E-state index in [1.165, 1.54) is 24.3 Å². The van der Waals surface area contributed by atoms with Crippen LogP contribution in [0.1, 0.15) is 47.3 Å². The maximum absolute atomic E-state index is 14.9. The number of anilines is 2. The first-order valence-corrected chi connectivity index (χ1v) is 14.6. The molecule has 228 valence electrons. The lowest BCUT2D eigenvalue weighted by molar-refractivity contribution is -0.137. The van der Waals surface area contributed by atoms with Gasteiger partial charge >= 0.3 is 6.18 Å².